The van der Waals surface area contributed by atoms with E-state index < -0.39 is 17.7 Å². The molecule has 2 nitrogen and oxygen atoms in total. The molecular formula is C14H13BrF2N2. The van der Waals surface area contributed by atoms with Crippen molar-refractivity contribution < 1.29 is 8.78 Å². The lowest BCUT2D eigenvalue weighted by atomic mass is 9.95. The van der Waals surface area contributed by atoms with E-state index >= 15 is 0 Å². The molecule has 0 radical (unpaired) electrons. The zero-order valence-corrected chi connectivity index (χ0v) is 11.8. The zero-order valence-electron chi connectivity index (χ0n) is 10.3. The van der Waals surface area contributed by atoms with Gasteiger partial charge in [0.2, 0.25) is 0 Å². The molecule has 0 aliphatic heterocycles. The van der Waals surface area contributed by atoms with Crippen LogP contribution in [0.15, 0.2) is 40.9 Å². The molecule has 1 unspecified atom stereocenters. The number of nitrogens with two attached hydrogens (primary N) is 1. The maximum absolute atomic E-state index is 14.1. The minimum absolute atomic E-state index is 0.0915. The van der Waals surface area contributed by atoms with Crippen molar-refractivity contribution in [2.75, 3.05) is 0 Å². The highest BCUT2D eigenvalue weighted by Gasteiger charge is 2.23. The van der Waals surface area contributed by atoms with E-state index in [4.69, 9.17) is 5.84 Å². The highest BCUT2D eigenvalue weighted by atomic mass is 79.9. The van der Waals surface area contributed by atoms with Gasteiger partial charge < -0.3 is 0 Å². The number of nitrogens with one attached hydrogen (secondary N) is 1. The van der Waals surface area contributed by atoms with Crippen LogP contribution in [0.5, 0.6) is 0 Å². The van der Waals surface area contributed by atoms with Crippen molar-refractivity contribution in [3.63, 3.8) is 0 Å². The molecule has 1 atom stereocenters. The summed E-state index contributed by atoms with van der Waals surface area (Å²) in [7, 11) is 0. The molecule has 0 aliphatic carbocycles. The Bertz CT molecular complexity index is 602. The maximum Gasteiger partial charge on any atom is 0.145 e. The van der Waals surface area contributed by atoms with Crippen molar-refractivity contribution >= 4 is 15.9 Å². The van der Waals surface area contributed by atoms with Gasteiger partial charge in [0, 0.05) is 5.56 Å². The quantitative estimate of drug-likeness (QED) is 0.514. The molecule has 2 aromatic carbocycles. The van der Waals surface area contributed by atoms with Crippen LogP contribution in [0.1, 0.15) is 22.7 Å². The summed E-state index contributed by atoms with van der Waals surface area (Å²) in [6, 6.07) is 9.14. The second-order valence-corrected chi connectivity index (χ2v) is 5.07. The van der Waals surface area contributed by atoms with Crippen molar-refractivity contribution in [3.8, 4) is 0 Å². The van der Waals surface area contributed by atoms with Crippen LogP contribution >= 0.6 is 15.9 Å². The minimum Gasteiger partial charge on any atom is -0.271 e. The number of hydrogen-bond acceptors (Lipinski definition) is 2. The third-order valence-electron chi connectivity index (χ3n) is 3.03. The lowest BCUT2D eigenvalue weighted by Crippen LogP contribution is -2.31. The third kappa shape index (κ3) is 2.68. The summed E-state index contributed by atoms with van der Waals surface area (Å²) < 4.78 is 28.3. The average Bonchev–Trinajstić information content (AvgIpc) is 2.40. The van der Waals surface area contributed by atoms with Crippen molar-refractivity contribution in [2.24, 2.45) is 5.84 Å². The monoisotopic (exact) mass is 326 g/mol. The van der Waals surface area contributed by atoms with Crippen LogP contribution < -0.4 is 11.3 Å². The Labute approximate surface area is 118 Å². The maximum atomic E-state index is 14.1. The van der Waals surface area contributed by atoms with E-state index in [0.717, 1.165) is 11.1 Å². The standard InChI is InChI=1S/C14H13BrF2N2/c1-8-4-2-3-5-9(8)14(19-18)12-11(16)7-6-10(15)13(12)17/h2-7,14,19H,18H2,1H3. The smallest absolute Gasteiger partial charge is 0.145 e. The van der Waals surface area contributed by atoms with Crippen LogP contribution in [0.3, 0.4) is 0 Å². The fourth-order valence-electron chi connectivity index (χ4n) is 2.05. The Balaban J connectivity index is 2.61. The molecule has 0 aromatic heterocycles. The summed E-state index contributed by atoms with van der Waals surface area (Å²) in [5, 5.41) is 0. The molecule has 2 rings (SSSR count). The first kappa shape index (κ1) is 14.1. The topological polar surface area (TPSA) is 38.0 Å². The molecule has 0 fully saturated rings. The van der Waals surface area contributed by atoms with Gasteiger partial charge in [0.05, 0.1) is 10.5 Å². The van der Waals surface area contributed by atoms with Gasteiger partial charge in [-0.05, 0) is 46.1 Å². The van der Waals surface area contributed by atoms with Crippen molar-refractivity contribution in [1.29, 1.82) is 0 Å². The normalized spacial score (nSPS) is 12.5. The molecule has 0 heterocycles. The number of halogens is 3. The van der Waals surface area contributed by atoms with E-state index in [-0.39, 0.29) is 10.0 Å². The number of hydrogen-bond donors (Lipinski definition) is 2. The van der Waals surface area contributed by atoms with Gasteiger partial charge in [-0.1, -0.05) is 24.3 Å². The Morgan fingerprint density at radius 1 is 1.16 bits per heavy atom. The van der Waals surface area contributed by atoms with E-state index in [1.807, 2.05) is 19.1 Å². The number of aryl methyl sites for hydroxylation is 1. The van der Waals surface area contributed by atoms with Crippen molar-refractivity contribution in [1.82, 2.24) is 5.43 Å². The first-order chi connectivity index (χ1) is 9.06. The van der Waals surface area contributed by atoms with E-state index in [1.165, 1.54) is 12.1 Å². The van der Waals surface area contributed by atoms with Gasteiger partial charge in [-0.25, -0.2) is 14.2 Å². The van der Waals surface area contributed by atoms with E-state index in [0.29, 0.717) is 0 Å². The number of hydrazine groups is 1. The lowest BCUT2D eigenvalue weighted by molar-refractivity contribution is 0.506. The molecule has 0 spiro atoms. The van der Waals surface area contributed by atoms with E-state index in [1.54, 1.807) is 12.1 Å². The van der Waals surface area contributed by atoms with Gasteiger partial charge in [-0.3, -0.25) is 5.84 Å². The molecule has 0 saturated carbocycles. The van der Waals surface area contributed by atoms with Gasteiger partial charge >= 0.3 is 0 Å². The molecule has 5 heteroatoms. The molecule has 0 saturated heterocycles. The van der Waals surface area contributed by atoms with Crippen LogP contribution in [0.25, 0.3) is 0 Å². The van der Waals surface area contributed by atoms with Gasteiger partial charge in [-0.2, -0.15) is 0 Å². The predicted octanol–water partition coefficient (Wildman–Crippen LogP) is 3.59. The third-order valence-corrected chi connectivity index (χ3v) is 3.65. The Morgan fingerprint density at radius 2 is 1.84 bits per heavy atom. The van der Waals surface area contributed by atoms with Crippen LogP contribution in [0.2, 0.25) is 0 Å². The Morgan fingerprint density at radius 3 is 2.47 bits per heavy atom. The van der Waals surface area contributed by atoms with Gasteiger partial charge in [-0.15, -0.1) is 0 Å². The molecule has 3 N–H and O–H groups in total. The SMILES string of the molecule is Cc1ccccc1C(NN)c1c(F)ccc(Br)c1F. The summed E-state index contributed by atoms with van der Waals surface area (Å²) in [5.74, 6) is 4.22. The Hall–Kier alpha value is -1.30. The highest BCUT2D eigenvalue weighted by Crippen LogP contribution is 2.31. The van der Waals surface area contributed by atoms with Crippen molar-refractivity contribution in [3.05, 3.63) is 69.2 Å². The van der Waals surface area contributed by atoms with Crippen LogP contribution in [-0.2, 0) is 0 Å². The molecule has 0 aliphatic rings. The van der Waals surface area contributed by atoms with Gasteiger partial charge in [0.15, 0.2) is 0 Å². The second kappa shape index (κ2) is 5.77. The molecule has 0 amide bonds. The number of benzene rings is 2. The summed E-state index contributed by atoms with van der Waals surface area (Å²) in [5.41, 5.74) is 4.04. The number of rotatable bonds is 3. The molecule has 100 valence electrons. The zero-order chi connectivity index (χ0) is 14.0. The summed E-state index contributed by atoms with van der Waals surface area (Å²) >= 11 is 3.06. The van der Waals surface area contributed by atoms with E-state index in [9.17, 15) is 8.78 Å². The van der Waals surface area contributed by atoms with Crippen LogP contribution in [0, 0.1) is 18.6 Å². The first-order valence-electron chi connectivity index (χ1n) is 5.71. The first-order valence-corrected chi connectivity index (χ1v) is 6.50. The minimum atomic E-state index is -0.737. The fraction of sp³-hybridized carbons (Fsp3) is 0.143. The van der Waals surface area contributed by atoms with Crippen LogP contribution in [-0.4, -0.2) is 0 Å². The largest absolute Gasteiger partial charge is 0.271 e. The Kier molecular flexibility index (Phi) is 4.29. The molecule has 19 heavy (non-hydrogen) atoms. The van der Waals surface area contributed by atoms with Crippen LogP contribution in [0.4, 0.5) is 8.78 Å². The fourth-order valence-corrected chi connectivity index (χ4v) is 2.39. The lowest BCUT2D eigenvalue weighted by Gasteiger charge is -2.20. The van der Waals surface area contributed by atoms with Crippen molar-refractivity contribution in [2.45, 2.75) is 13.0 Å². The average molecular weight is 327 g/mol. The summed E-state index contributed by atoms with van der Waals surface area (Å²) in [4.78, 5) is 0. The second-order valence-electron chi connectivity index (χ2n) is 4.21. The highest BCUT2D eigenvalue weighted by molar-refractivity contribution is 9.10. The summed E-state index contributed by atoms with van der Waals surface area (Å²) in [6.45, 7) is 1.87. The van der Waals surface area contributed by atoms with Gasteiger partial charge in [0.25, 0.3) is 0 Å². The molecule has 2 aromatic rings. The molecule has 0 bridgehead atoms. The van der Waals surface area contributed by atoms with E-state index in [2.05, 4.69) is 21.4 Å². The molecular weight excluding hydrogens is 314 g/mol. The predicted molar refractivity (Wildman–Crippen MR) is 74.4 cm³/mol. The summed E-state index contributed by atoms with van der Waals surface area (Å²) in [6.07, 6.45) is 0. The van der Waals surface area contributed by atoms with Gasteiger partial charge in [0.1, 0.15) is 11.6 Å².